The van der Waals surface area contributed by atoms with Gasteiger partial charge in [-0.2, -0.15) is 0 Å². The predicted molar refractivity (Wildman–Crippen MR) is 76.1 cm³/mol. The first-order chi connectivity index (χ1) is 9.72. The quantitative estimate of drug-likeness (QED) is 0.867. The van der Waals surface area contributed by atoms with Gasteiger partial charge in [-0.25, -0.2) is 0 Å². The summed E-state index contributed by atoms with van der Waals surface area (Å²) in [4.78, 5) is 0. The normalized spacial score (nSPS) is 12.2. The molecule has 2 rings (SSSR count). The van der Waals surface area contributed by atoms with Crippen LogP contribution >= 0.6 is 0 Å². The molecule has 0 saturated heterocycles. The number of nitrogens with zero attached hydrogens (tertiary/aromatic N) is 3. The summed E-state index contributed by atoms with van der Waals surface area (Å²) in [5.41, 5.74) is 1.97. The average Bonchev–Trinajstić information content (AvgIpc) is 2.89. The molecule has 0 aliphatic heterocycles. The van der Waals surface area contributed by atoms with Crippen molar-refractivity contribution in [1.29, 1.82) is 0 Å². The highest BCUT2D eigenvalue weighted by Gasteiger charge is 2.22. The van der Waals surface area contributed by atoms with E-state index in [9.17, 15) is 0 Å². The van der Waals surface area contributed by atoms with Crippen molar-refractivity contribution in [2.24, 2.45) is 7.05 Å². The Kier molecular flexibility index (Phi) is 4.57. The van der Waals surface area contributed by atoms with E-state index in [4.69, 9.17) is 9.47 Å². The van der Waals surface area contributed by atoms with E-state index in [2.05, 4.69) is 22.6 Å². The van der Waals surface area contributed by atoms with Gasteiger partial charge in [-0.15, -0.1) is 5.10 Å². The van der Waals surface area contributed by atoms with Crippen LogP contribution in [-0.2, 0) is 7.05 Å². The van der Waals surface area contributed by atoms with Crippen molar-refractivity contribution in [1.82, 2.24) is 20.3 Å². The molecule has 0 bridgehead atoms. The number of nitrogens with one attached hydrogen (secondary N) is 1. The molecule has 108 valence electrons. The second kappa shape index (κ2) is 6.38. The lowest BCUT2D eigenvalue weighted by Gasteiger charge is -2.21. The monoisotopic (exact) mass is 276 g/mol. The fourth-order valence-electron chi connectivity index (χ4n) is 2.28. The predicted octanol–water partition coefficient (Wildman–Crippen LogP) is 1.53. The average molecular weight is 276 g/mol. The second-order valence-corrected chi connectivity index (χ2v) is 4.36. The highest BCUT2D eigenvalue weighted by molar-refractivity contribution is 5.49. The Balaban J connectivity index is 2.52. The molecule has 0 radical (unpaired) electrons. The third kappa shape index (κ3) is 2.60. The summed E-state index contributed by atoms with van der Waals surface area (Å²) in [6, 6.07) is 5.80. The van der Waals surface area contributed by atoms with Crippen molar-refractivity contribution in [3.05, 3.63) is 35.7 Å². The zero-order valence-electron chi connectivity index (χ0n) is 12.3. The molecule has 2 aromatic rings. The van der Waals surface area contributed by atoms with Gasteiger partial charge in [0.05, 0.1) is 32.2 Å². The Bertz CT molecular complexity index is 568. The van der Waals surface area contributed by atoms with Crippen LogP contribution in [0.25, 0.3) is 0 Å². The summed E-state index contributed by atoms with van der Waals surface area (Å²) in [5.74, 6) is 1.44. The lowest BCUT2D eigenvalue weighted by atomic mass is 10.0. The molecule has 1 heterocycles. The number of para-hydroxylation sites is 1. The van der Waals surface area contributed by atoms with Crippen LogP contribution in [0.4, 0.5) is 0 Å². The summed E-state index contributed by atoms with van der Waals surface area (Å²) in [6.07, 6.45) is 1.76. The van der Waals surface area contributed by atoms with Gasteiger partial charge in [-0.1, -0.05) is 24.3 Å². The highest BCUT2D eigenvalue weighted by Crippen LogP contribution is 2.36. The fourth-order valence-corrected chi connectivity index (χ4v) is 2.28. The number of hydrogen-bond donors (Lipinski definition) is 1. The van der Waals surface area contributed by atoms with Crippen LogP contribution in [-0.4, -0.2) is 35.8 Å². The largest absolute Gasteiger partial charge is 0.493 e. The molecule has 6 heteroatoms. The van der Waals surface area contributed by atoms with Gasteiger partial charge in [-0.3, -0.25) is 4.68 Å². The van der Waals surface area contributed by atoms with Crippen LogP contribution in [0.2, 0.25) is 0 Å². The maximum absolute atomic E-state index is 5.52. The first-order valence-corrected chi connectivity index (χ1v) is 6.51. The van der Waals surface area contributed by atoms with Gasteiger partial charge in [-0.05, 0) is 12.6 Å². The SMILES string of the molecule is CCNC(c1cccc(OC)c1OC)c1cnnn1C. The Morgan fingerprint density at radius 3 is 2.65 bits per heavy atom. The number of aryl methyl sites for hydroxylation is 1. The van der Waals surface area contributed by atoms with E-state index in [1.807, 2.05) is 25.2 Å². The van der Waals surface area contributed by atoms with Crippen molar-refractivity contribution in [3.63, 3.8) is 0 Å². The van der Waals surface area contributed by atoms with Gasteiger partial charge >= 0.3 is 0 Å². The third-order valence-corrected chi connectivity index (χ3v) is 3.20. The first kappa shape index (κ1) is 14.3. The number of hydrogen-bond acceptors (Lipinski definition) is 5. The van der Waals surface area contributed by atoms with Gasteiger partial charge < -0.3 is 14.8 Å². The molecular formula is C14H20N4O2. The Labute approximate surface area is 118 Å². The van der Waals surface area contributed by atoms with E-state index in [1.54, 1.807) is 25.1 Å². The number of rotatable bonds is 6. The second-order valence-electron chi connectivity index (χ2n) is 4.36. The topological polar surface area (TPSA) is 61.2 Å². The Morgan fingerprint density at radius 1 is 1.30 bits per heavy atom. The van der Waals surface area contributed by atoms with E-state index in [1.165, 1.54) is 0 Å². The molecule has 1 aromatic heterocycles. The highest BCUT2D eigenvalue weighted by atomic mass is 16.5. The molecule has 1 N–H and O–H groups in total. The molecule has 0 fully saturated rings. The minimum Gasteiger partial charge on any atom is -0.493 e. The molecule has 20 heavy (non-hydrogen) atoms. The standard InChI is InChI=1S/C14H20N4O2/c1-5-15-13(11-9-16-17-18(11)2)10-7-6-8-12(19-3)14(10)20-4/h6-9,13,15H,5H2,1-4H3. The molecule has 1 atom stereocenters. The molecule has 0 saturated carbocycles. The van der Waals surface area contributed by atoms with Crippen molar-refractivity contribution < 1.29 is 9.47 Å². The van der Waals surface area contributed by atoms with Gasteiger partial charge in [0.25, 0.3) is 0 Å². The van der Waals surface area contributed by atoms with Crippen molar-refractivity contribution >= 4 is 0 Å². The molecule has 0 aliphatic carbocycles. The minimum absolute atomic E-state index is 0.0509. The van der Waals surface area contributed by atoms with Crippen molar-refractivity contribution in [2.45, 2.75) is 13.0 Å². The van der Waals surface area contributed by atoms with E-state index < -0.39 is 0 Å². The van der Waals surface area contributed by atoms with Crippen LogP contribution in [0, 0.1) is 0 Å². The molecule has 6 nitrogen and oxygen atoms in total. The first-order valence-electron chi connectivity index (χ1n) is 6.51. The Hall–Kier alpha value is -2.08. The van der Waals surface area contributed by atoms with Crippen molar-refractivity contribution in [2.75, 3.05) is 20.8 Å². The smallest absolute Gasteiger partial charge is 0.165 e. The van der Waals surface area contributed by atoms with Gasteiger partial charge in [0.1, 0.15) is 0 Å². The maximum Gasteiger partial charge on any atom is 0.165 e. The molecule has 0 spiro atoms. The van der Waals surface area contributed by atoms with Crippen LogP contribution in [0.15, 0.2) is 24.4 Å². The number of aromatic nitrogens is 3. The van der Waals surface area contributed by atoms with Crippen LogP contribution in [0.3, 0.4) is 0 Å². The lowest BCUT2D eigenvalue weighted by Crippen LogP contribution is -2.24. The van der Waals surface area contributed by atoms with Gasteiger partial charge in [0, 0.05) is 12.6 Å². The van der Waals surface area contributed by atoms with Crippen LogP contribution in [0.1, 0.15) is 24.2 Å². The molecule has 1 unspecified atom stereocenters. The summed E-state index contributed by atoms with van der Waals surface area (Å²) in [5, 5.41) is 11.4. The van der Waals surface area contributed by atoms with Crippen LogP contribution < -0.4 is 14.8 Å². The summed E-state index contributed by atoms with van der Waals surface area (Å²) in [7, 11) is 5.15. The van der Waals surface area contributed by atoms with E-state index in [0.717, 1.165) is 23.6 Å². The summed E-state index contributed by atoms with van der Waals surface area (Å²) in [6.45, 7) is 2.87. The summed E-state index contributed by atoms with van der Waals surface area (Å²) >= 11 is 0. The molecule has 1 aromatic carbocycles. The van der Waals surface area contributed by atoms with E-state index >= 15 is 0 Å². The number of ether oxygens (including phenoxy) is 2. The zero-order valence-corrected chi connectivity index (χ0v) is 12.3. The fraction of sp³-hybridized carbons (Fsp3) is 0.429. The van der Waals surface area contributed by atoms with Crippen molar-refractivity contribution in [3.8, 4) is 11.5 Å². The van der Waals surface area contributed by atoms with Gasteiger partial charge in [0.2, 0.25) is 0 Å². The molecule has 0 amide bonds. The maximum atomic E-state index is 5.52. The zero-order chi connectivity index (χ0) is 14.5. The Morgan fingerprint density at radius 2 is 2.10 bits per heavy atom. The van der Waals surface area contributed by atoms with Crippen LogP contribution in [0.5, 0.6) is 11.5 Å². The lowest BCUT2D eigenvalue weighted by molar-refractivity contribution is 0.348. The van der Waals surface area contributed by atoms with E-state index in [-0.39, 0.29) is 6.04 Å². The molecule has 0 aliphatic rings. The number of methoxy groups -OCH3 is 2. The minimum atomic E-state index is -0.0509. The van der Waals surface area contributed by atoms with Gasteiger partial charge in [0.15, 0.2) is 11.5 Å². The molecular weight excluding hydrogens is 256 g/mol. The third-order valence-electron chi connectivity index (χ3n) is 3.20. The number of benzene rings is 1. The van der Waals surface area contributed by atoms with E-state index in [0.29, 0.717) is 5.75 Å². The summed E-state index contributed by atoms with van der Waals surface area (Å²) < 4.78 is 12.6.